The Morgan fingerprint density at radius 2 is 1.86 bits per heavy atom. The van der Waals surface area contributed by atoms with Crippen LogP contribution in [0, 0.1) is 17.8 Å². The summed E-state index contributed by atoms with van der Waals surface area (Å²) in [4.78, 5) is 12.7. The molecule has 0 radical (unpaired) electrons. The molecule has 4 atom stereocenters. The first-order chi connectivity index (χ1) is 10.3. The number of hydrogen-bond acceptors (Lipinski definition) is 3. The molecule has 2 aliphatic rings. The van der Waals surface area contributed by atoms with Crippen LogP contribution in [-0.2, 0) is 14.6 Å². The maximum absolute atomic E-state index is 12.4. The first-order valence-corrected chi connectivity index (χ1v) is 9.84. The van der Waals surface area contributed by atoms with E-state index >= 15 is 0 Å². The van der Waals surface area contributed by atoms with Gasteiger partial charge in [0.25, 0.3) is 0 Å². The molecule has 1 N–H and O–H groups in total. The summed E-state index contributed by atoms with van der Waals surface area (Å²) in [6.45, 7) is 1.94. The fourth-order valence-corrected chi connectivity index (χ4v) is 4.60. The van der Waals surface area contributed by atoms with E-state index in [4.69, 9.17) is 0 Å². The minimum absolute atomic E-state index is 0.0970. The minimum Gasteiger partial charge on any atom is -0.349 e. The summed E-state index contributed by atoms with van der Waals surface area (Å²) in [5.41, 5.74) is 0.934. The number of carbonyl (C=O) groups is 1. The molecule has 4 nitrogen and oxygen atoms in total. The molecule has 1 aromatic rings. The highest BCUT2D eigenvalue weighted by molar-refractivity contribution is 7.90. The number of carbonyl (C=O) groups excluding carboxylic acids is 1. The van der Waals surface area contributed by atoms with Gasteiger partial charge >= 0.3 is 0 Å². The second-order valence-corrected chi connectivity index (χ2v) is 8.87. The SMILES string of the molecule is C[C@@H](NC(=O)[C@H]1C[C@H]2CC[C@H]1C2)c1ccc(S(C)(=O)=O)cc1. The molecule has 5 heteroatoms. The number of hydrogen-bond donors (Lipinski definition) is 1. The summed E-state index contributed by atoms with van der Waals surface area (Å²) in [5, 5.41) is 3.09. The Morgan fingerprint density at radius 3 is 2.36 bits per heavy atom. The van der Waals surface area contributed by atoms with E-state index in [0.29, 0.717) is 10.8 Å². The molecule has 0 spiro atoms. The van der Waals surface area contributed by atoms with Crippen molar-refractivity contribution in [2.75, 3.05) is 6.26 Å². The van der Waals surface area contributed by atoms with E-state index in [-0.39, 0.29) is 17.9 Å². The molecule has 2 saturated carbocycles. The molecule has 2 bridgehead atoms. The monoisotopic (exact) mass is 321 g/mol. The molecule has 0 aliphatic heterocycles. The summed E-state index contributed by atoms with van der Waals surface area (Å²) in [7, 11) is -3.17. The fourth-order valence-electron chi connectivity index (χ4n) is 3.97. The van der Waals surface area contributed by atoms with Crippen molar-refractivity contribution in [3.8, 4) is 0 Å². The first kappa shape index (κ1) is 15.5. The van der Waals surface area contributed by atoms with Gasteiger partial charge in [-0.25, -0.2) is 8.42 Å². The highest BCUT2D eigenvalue weighted by Crippen LogP contribution is 2.48. The average Bonchev–Trinajstić information content (AvgIpc) is 3.09. The van der Waals surface area contributed by atoms with Crippen molar-refractivity contribution in [1.82, 2.24) is 5.32 Å². The molecule has 0 aromatic heterocycles. The zero-order valence-corrected chi connectivity index (χ0v) is 13.9. The van der Waals surface area contributed by atoms with Crippen molar-refractivity contribution in [1.29, 1.82) is 0 Å². The summed E-state index contributed by atoms with van der Waals surface area (Å²) in [6, 6.07) is 6.67. The molecule has 2 aliphatic carbocycles. The molecule has 1 amide bonds. The number of fused-ring (bicyclic) bond motifs is 2. The highest BCUT2D eigenvalue weighted by atomic mass is 32.2. The lowest BCUT2D eigenvalue weighted by atomic mass is 9.88. The summed E-state index contributed by atoms with van der Waals surface area (Å²) in [5.74, 6) is 1.67. The van der Waals surface area contributed by atoms with Crippen LogP contribution in [0.1, 0.15) is 44.2 Å². The second kappa shape index (κ2) is 5.69. The average molecular weight is 321 g/mol. The molecule has 2 fully saturated rings. The number of amides is 1. The van der Waals surface area contributed by atoms with Gasteiger partial charge in [-0.3, -0.25) is 4.79 Å². The largest absolute Gasteiger partial charge is 0.349 e. The van der Waals surface area contributed by atoms with Crippen molar-refractivity contribution in [3.05, 3.63) is 29.8 Å². The van der Waals surface area contributed by atoms with E-state index < -0.39 is 9.84 Å². The number of rotatable bonds is 4. The maximum Gasteiger partial charge on any atom is 0.223 e. The lowest BCUT2D eigenvalue weighted by Crippen LogP contribution is -2.35. The van der Waals surface area contributed by atoms with Crippen LogP contribution in [0.4, 0.5) is 0 Å². The van der Waals surface area contributed by atoms with E-state index in [1.54, 1.807) is 24.3 Å². The number of benzene rings is 1. The third-order valence-electron chi connectivity index (χ3n) is 5.24. The fraction of sp³-hybridized carbons (Fsp3) is 0.588. The Labute approximate surface area is 132 Å². The van der Waals surface area contributed by atoms with Gasteiger partial charge in [0.2, 0.25) is 5.91 Å². The summed E-state index contributed by atoms with van der Waals surface area (Å²) >= 11 is 0. The Morgan fingerprint density at radius 1 is 1.18 bits per heavy atom. The van der Waals surface area contributed by atoms with Gasteiger partial charge in [0.1, 0.15) is 0 Å². The molecule has 0 heterocycles. The van der Waals surface area contributed by atoms with Gasteiger partial charge in [-0.2, -0.15) is 0 Å². The van der Waals surface area contributed by atoms with Crippen LogP contribution in [0.3, 0.4) is 0 Å². The van der Waals surface area contributed by atoms with Crippen LogP contribution in [0.5, 0.6) is 0 Å². The van der Waals surface area contributed by atoms with Gasteiger partial charge in [0.05, 0.1) is 10.9 Å². The molecule has 0 saturated heterocycles. The van der Waals surface area contributed by atoms with Crippen LogP contribution in [0.2, 0.25) is 0 Å². The summed E-state index contributed by atoms with van der Waals surface area (Å²) in [6.07, 6.45) is 5.94. The van der Waals surface area contributed by atoms with Crippen molar-refractivity contribution < 1.29 is 13.2 Å². The van der Waals surface area contributed by atoms with Crippen LogP contribution in [0.15, 0.2) is 29.2 Å². The predicted octanol–water partition coefficient (Wildman–Crippen LogP) is 2.70. The van der Waals surface area contributed by atoms with Gasteiger partial charge in [-0.1, -0.05) is 18.6 Å². The second-order valence-electron chi connectivity index (χ2n) is 6.85. The van der Waals surface area contributed by atoms with Crippen molar-refractivity contribution >= 4 is 15.7 Å². The Kier molecular flexibility index (Phi) is 4.02. The summed E-state index contributed by atoms with van der Waals surface area (Å²) < 4.78 is 22.9. The van der Waals surface area contributed by atoms with E-state index in [2.05, 4.69) is 5.32 Å². The zero-order valence-electron chi connectivity index (χ0n) is 13.1. The van der Waals surface area contributed by atoms with E-state index in [1.165, 1.54) is 25.5 Å². The van der Waals surface area contributed by atoms with Crippen molar-refractivity contribution in [2.24, 2.45) is 17.8 Å². The molecule has 1 aromatic carbocycles. The zero-order chi connectivity index (χ0) is 15.9. The molecule has 120 valence electrons. The van der Waals surface area contributed by atoms with E-state index in [0.717, 1.165) is 17.9 Å². The molecular weight excluding hydrogens is 298 g/mol. The Bertz CT molecular complexity index is 666. The quantitative estimate of drug-likeness (QED) is 0.927. The Balaban J connectivity index is 1.64. The lowest BCUT2D eigenvalue weighted by Gasteiger charge is -2.23. The van der Waals surface area contributed by atoms with Crippen LogP contribution < -0.4 is 5.32 Å². The molecular formula is C17H23NO3S. The third-order valence-corrected chi connectivity index (χ3v) is 6.37. The van der Waals surface area contributed by atoms with Crippen molar-refractivity contribution in [2.45, 2.75) is 43.5 Å². The van der Waals surface area contributed by atoms with E-state index in [9.17, 15) is 13.2 Å². The highest BCUT2D eigenvalue weighted by Gasteiger charge is 2.43. The van der Waals surface area contributed by atoms with Crippen LogP contribution in [-0.4, -0.2) is 20.6 Å². The first-order valence-electron chi connectivity index (χ1n) is 7.95. The lowest BCUT2D eigenvalue weighted by molar-refractivity contribution is -0.127. The smallest absolute Gasteiger partial charge is 0.223 e. The normalized spacial score (nSPS) is 28.5. The maximum atomic E-state index is 12.4. The molecule has 3 rings (SSSR count). The standard InChI is InChI=1S/C17H23NO3S/c1-11(13-5-7-15(8-6-13)22(2,20)21)18-17(19)16-10-12-3-4-14(16)9-12/h5-8,11-12,14,16H,3-4,9-10H2,1-2H3,(H,18,19)/t11-,12+,14+,16+/m1/s1. The van der Waals surface area contributed by atoms with Gasteiger partial charge < -0.3 is 5.32 Å². The van der Waals surface area contributed by atoms with Gasteiger partial charge in [-0.15, -0.1) is 0 Å². The van der Waals surface area contributed by atoms with Crippen LogP contribution in [0.25, 0.3) is 0 Å². The number of nitrogens with one attached hydrogen (secondary N) is 1. The van der Waals surface area contributed by atoms with Gasteiger partial charge in [0, 0.05) is 12.2 Å². The van der Waals surface area contributed by atoms with Crippen LogP contribution >= 0.6 is 0 Å². The van der Waals surface area contributed by atoms with Gasteiger partial charge in [0.15, 0.2) is 9.84 Å². The predicted molar refractivity (Wildman–Crippen MR) is 85.0 cm³/mol. The van der Waals surface area contributed by atoms with Crippen molar-refractivity contribution in [3.63, 3.8) is 0 Å². The minimum atomic E-state index is -3.17. The number of sulfone groups is 1. The van der Waals surface area contributed by atoms with Gasteiger partial charge in [-0.05, 0) is 55.7 Å². The Hall–Kier alpha value is -1.36. The molecule has 0 unspecified atom stereocenters. The third kappa shape index (κ3) is 3.05. The van der Waals surface area contributed by atoms with E-state index in [1.807, 2.05) is 6.92 Å². The topological polar surface area (TPSA) is 63.2 Å². The molecule has 22 heavy (non-hydrogen) atoms.